The Balaban J connectivity index is 2.71. The maximum Gasteiger partial charge on any atom is 0.408 e. The van der Waals surface area contributed by atoms with Crippen molar-refractivity contribution in [3.05, 3.63) is 12.2 Å². The number of alkyl carbamates (subject to hydrolysis) is 1. The lowest BCUT2D eigenvalue weighted by molar-refractivity contribution is -0.117. The Morgan fingerprint density at radius 3 is 2.14 bits per heavy atom. The molecule has 1 unspecified atom stereocenters. The fourth-order valence-electron chi connectivity index (χ4n) is 3.12. The Morgan fingerprint density at radius 1 is 1.23 bits per heavy atom. The van der Waals surface area contributed by atoms with Gasteiger partial charge in [-0.1, -0.05) is 20.4 Å². The maximum atomic E-state index is 12.3. The van der Waals surface area contributed by atoms with E-state index in [4.69, 9.17) is 4.74 Å². The smallest absolute Gasteiger partial charge is 0.408 e. The summed E-state index contributed by atoms with van der Waals surface area (Å²) in [7, 11) is 0. The number of ether oxygens (including phenoxy) is 1. The molecule has 4 nitrogen and oxygen atoms in total. The molecule has 1 amide bonds. The average molecular weight is 309 g/mol. The third kappa shape index (κ3) is 5.82. The summed E-state index contributed by atoms with van der Waals surface area (Å²) in [6.07, 6.45) is 2.35. The Morgan fingerprint density at radius 2 is 1.73 bits per heavy atom. The van der Waals surface area contributed by atoms with Crippen molar-refractivity contribution in [2.45, 2.75) is 72.4 Å². The van der Waals surface area contributed by atoms with E-state index in [0.717, 1.165) is 12.8 Å². The van der Waals surface area contributed by atoms with Crippen LogP contribution in [0.3, 0.4) is 0 Å². The van der Waals surface area contributed by atoms with Crippen molar-refractivity contribution in [1.82, 2.24) is 5.32 Å². The van der Waals surface area contributed by atoms with E-state index < -0.39 is 17.7 Å². The second-order valence-electron chi connectivity index (χ2n) is 7.87. The lowest BCUT2D eigenvalue weighted by Gasteiger charge is -2.24. The molecule has 1 rings (SSSR count). The van der Waals surface area contributed by atoms with Gasteiger partial charge in [0.25, 0.3) is 0 Å². The molecule has 1 fully saturated rings. The summed E-state index contributed by atoms with van der Waals surface area (Å²) in [5, 5.41) is 2.74. The zero-order valence-electron chi connectivity index (χ0n) is 14.9. The van der Waals surface area contributed by atoms with Gasteiger partial charge >= 0.3 is 6.09 Å². The normalized spacial score (nSPS) is 26.4. The molecule has 0 spiro atoms. The van der Waals surface area contributed by atoms with Crippen LogP contribution in [0.25, 0.3) is 0 Å². The van der Waals surface area contributed by atoms with Gasteiger partial charge in [-0.25, -0.2) is 4.79 Å². The number of Topliss-reactive ketones (excluding diaryl/α,β-unsaturated/α-hetero) is 1. The van der Waals surface area contributed by atoms with Crippen LogP contribution in [0.15, 0.2) is 12.2 Å². The van der Waals surface area contributed by atoms with Gasteiger partial charge in [-0.15, -0.1) is 0 Å². The first kappa shape index (κ1) is 18.7. The minimum atomic E-state index is -0.572. The molecule has 1 aliphatic carbocycles. The quantitative estimate of drug-likeness (QED) is 0.778. The molecule has 1 saturated carbocycles. The SMILES string of the molecule is C=C(C)C(=O)[C@H](CC1C[C@@H](C)[C@@H](C)C1)NC(=O)OC(C)(C)C. The van der Waals surface area contributed by atoms with E-state index in [1.807, 2.05) is 20.8 Å². The summed E-state index contributed by atoms with van der Waals surface area (Å²) in [6, 6.07) is -0.533. The van der Waals surface area contributed by atoms with E-state index in [-0.39, 0.29) is 5.78 Å². The Kier molecular flexibility index (Phi) is 6.21. The first-order valence-electron chi connectivity index (χ1n) is 8.18. The van der Waals surface area contributed by atoms with Crippen molar-refractivity contribution in [2.24, 2.45) is 17.8 Å². The molecule has 1 N–H and O–H groups in total. The fourth-order valence-corrected chi connectivity index (χ4v) is 3.12. The van der Waals surface area contributed by atoms with Crippen molar-refractivity contribution >= 4 is 11.9 Å². The summed E-state index contributed by atoms with van der Waals surface area (Å²) < 4.78 is 5.27. The lowest BCUT2D eigenvalue weighted by atomic mass is 9.93. The predicted octanol–water partition coefficient (Wildman–Crippen LogP) is 4.10. The molecule has 0 radical (unpaired) electrons. The predicted molar refractivity (Wildman–Crippen MR) is 88.6 cm³/mol. The van der Waals surface area contributed by atoms with E-state index in [2.05, 4.69) is 25.7 Å². The van der Waals surface area contributed by atoms with Crippen LogP contribution >= 0.6 is 0 Å². The first-order valence-corrected chi connectivity index (χ1v) is 8.18. The lowest BCUT2D eigenvalue weighted by Crippen LogP contribution is -2.44. The highest BCUT2D eigenvalue weighted by Gasteiger charge is 2.33. The van der Waals surface area contributed by atoms with Gasteiger partial charge in [-0.2, -0.15) is 0 Å². The second kappa shape index (κ2) is 7.30. The molecular weight excluding hydrogens is 278 g/mol. The molecule has 1 aliphatic rings. The molecular formula is C18H31NO3. The van der Waals surface area contributed by atoms with Crippen LogP contribution < -0.4 is 5.32 Å². The molecule has 4 atom stereocenters. The highest BCUT2D eigenvalue weighted by atomic mass is 16.6. The van der Waals surface area contributed by atoms with Crippen LogP contribution in [0.1, 0.15) is 60.8 Å². The fraction of sp³-hybridized carbons (Fsp3) is 0.778. The summed E-state index contributed by atoms with van der Waals surface area (Å²) in [4.78, 5) is 24.3. The molecule has 0 heterocycles. The monoisotopic (exact) mass is 309 g/mol. The standard InChI is InChI=1S/C18H31NO3/c1-11(2)16(20)15(19-17(21)22-18(5,6)7)10-14-8-12(3)13(4)9-14/h12-15H,1,8-10H2,2-7H3,(H,19,21)/t12-,13+,14?,15-/m0/s1. The highest BCUT2D eigenvalue weighted by molar-refractivity contribution is 5.99. The Labute approximate surface area is 134 Å². The van der Waals surface area contributed by atoms with Gasteiger partial charge in [0, 0.05) is 0 Å². The number of carbonyl (C=O) groups is 2. The van der Waals surface area contributed by atoms with Crippen LogP contribution in [0.4, 0.5) is 4.79 Å². The minimum absolute atomic E-state index is 0.0990. The van der Waals surface area contributed by atoms with Gasteiger partial charge in [0.2, 0.25) is 0 Å². The molecule has 0 aromatic rings. The zero-order chi connectivity index (χ0) is 17.1. The van der Waals surface area contributed by atoms with E-state index >= 15 is 0 Å². The topological polar surface area (TPSA) is 55.4 Å². The van der Waals surface area contributed by atoms with Crippen molar-refractivity contribution in [2.75, 3.05) is 0 Å². The van der Waals surface area contributed by atoms with Crippen molar-refractivity contribution in [3.63, 3.8) is 0 Å². The average Bonchev–Trinajstić information content (AvgIpc) is 2.64. The number of nitrogens with one attached hydrogen (secondary N) is 1. The third-order valence-corrected chi connectivity index (χ3v) is 4.38. The van der Waals surface area contributed by atoms with E-state index in [1.165, 1.54) is 0 Å². The summed E-state index contributed by atoms with van der Waals surface area (Å²) in [5.74, 6) is 1.71. The summed E-state index contributed by atoms with van der Waals surface area (Å²) in [5.41, 5.74) is -0.0998. The van der Waals surface area contributed by atoms with Crippen LogP contribution in [0, 0.1) is 17.8 Å². The number of ketones is 1. The first-order chi connectivity index (χ1) is 9.99. The van der Waals surface area contributed by atoms with E-state index in [0.29, 0.717) is 29.7 Å². The highest BCUT2D eigenvalue weighted by Crippen LogP contribution is 2.38. The molecule has 0 saturated heterocycles. The van der Waals surface area contributed by atoms with Crippen molar-refractivity contribution < 1.29 is 14.3 Å². The van der Waals surface area contributed by atoms with Crippen molar-refractivity contribution in [3.8, 4) is 0 Å². The number of carbonyl (C=O) groups excluding carboxylic acids is 2. The van der Waals surface area contributed by atoms with Crippen LogP contribution in [-0.4, -0.2) is 23.5 Å². The van der Waals surface area contributed by atoms with Gasteiger partial charge in [-0.3, -0.25) is 4.79 Å². The third-order valence-electron chi connectivity index (χ3n) is 4.38. The summed E-state index contributed by atoms with van der Waals surface area (Å²) in [6.45, 7) is 15.3. The number of amides is 1. The molecule has 0 aromatic heterocycles. The molecule has 4 heteroatoms. The number of hydrogen-bond donors (Lipinski definition) is 1. The van der Waals surface area contributed by atoms with Crippen LogP contribution in [-0.2, 0) is 9.53 Å². The Bertz CT molecular complexity index is 426. The van der Waals surface area contributed by atoms with Crippen molar-refractivity contribution in [1.29, 1.82) is 0 Å². The van der Waals surface area contributed by atoms with Gasteiger partial charge in [0.05, 0.1) is 6.04 Å². The van der Waals surface area contributed by atoms with Gasteiger partial charge in [0.1, 0.15) is 5.60 Å². The molecule has 22 heavy (non-hydrogen) atoms. The minimum Gasteiger partial charge on any atom is -0.444 e. The van der Waals surface area contributed by atoms with Gasteiger partial charge in [-0.05, 0) is 70.3 Å². The van der Waals surface area contributed by atoms with Gasteiger partial charge < -0.3 is 10.1 Å². The second-order valence-corrected chi connectivity index (χ2v) is 7.87. The zero-order valence-corrected chi connectivity index (χ0v) is 14.9. The Hall–Kier alpha value is -1.32. The van der Waals surface area contributed by atoms with Crippen LogP contribution in [0.5, 0.6) is 0 Å². The number of rotatable bonds is 5. The maximum absolute atomic E-state index is 12.3. The largest absolute Gasteiger partial charge is 0.444 e. The van der Waals surface area contributed by atoms with Crippen LogP contribution in [0.2, 0.25) is 0 Å². The van der Waals surface area contributed by atoms with Gasteiger partial charge in [0.15, 0.2) is 5.78 Å². The molecule has 0 aliphatic heterocycles. The molecule has 126 valence electrons. The number of hydrogen-bond acceptors (Lipinski definition) is 3. The summed E-state index contributed by atoms with van der Waals surface area (Å²) >= 11 is 0. The van der Waals surface area contributed by atoms with E-state index in [1.54, 1.807) is 6.92 Å². The van der Waals surface area contributed by atoms with E-state index in [9.17, 15) is 9.59 Å². The molecule has 0 aromatic carbocycles. The molecule has 0 bridgehead atoms.